The highest BCUT2D eigenvalue weighted by Gasteiger charge is 2.52. The minimum atomic E-state index is -0.977. The topological polar surface area (TPSA) is 55.8 Å². The van der Waals surface area contributed by atoms with Crippen molar-refractivity contribution in [3.05, 3.63) is 29.6 Å². The van der Waals surface area contributed by atoms with E-state index in [1.165, 1.54) is 18.2 Å². The minimum Gasteiger partial charge on any atom is -0.481 e. The zero-order chi connectivity index (χ0) is 15.1. The summed E-state index contributed by atoms with van der Waals surface area (Å²) in [5.74, 6) is -1.42. The molecular formula is C14H18BFO4. The van der Waals surface area contributed by atoms with Crippen LogP contribution in [0.4, 0.5) is 4.39 Å². The highest BCUT2D eigenvalue weighted by molar-refractivity contribution is 6.62. The Morgan fingerprint density at radius 2 is 1.80 bits per heavy atom. The van der Waals surface area contributed by atoms with Gasteiger partial charge >= 0.3 is 13.1 Å². The molecule has 2 rings (SSSR count). The van der Waals surface area contributed by atoms with E-state index in [4.69, 9.17) is 14.4 Å². The zero-order valence-electron chi connectivity index (χ0n) is 12.1. The lowest BCUT2D eigenvalue weighted by atomic mass is 9.75. The third kappa shape index (κ3) is 2.71. The number of halogens is 1. The predicted octanol–water partition coefficient (Wildman–Crippen LogP) is 1.75. The number of carboxylic acids is 1. The second-order valence-corrected chi connectivity index (χ2v) is 6.00. The number of aliphatic carboxylic acids is 1. The Morgan fingerprint density at radius 1 is 1.25 bits per heavy atom. The fourth-order valence-electron chi connectivity index (χ4n) is 2.08. The average molecular weight is 280 g/mol. The molecule has 0 spiro atoms. The van der Waals surface area contributed by atoms with Crippen molar-refractivity contribution >= 4 is 18.6 Å². The lowest BCUT2D eigenvalue weighted by Gasteiger charge is -2.32. The maximum atomic E-state index is 13.5. The molecule has 0 aliphatic carbocycles. The van der Waals surface area contributed by atoms with Gasteiger partial charge in [0.05, 0.1) is 17.6 Å². The summed E-state index contributed by atoms with van der Waals surface area (Å²) in [4.78, 5) is 10.9. The Bertz CT molecular complexity index is 526. The van der Waals surface area contributed by atoms with Crippen LogP contribution in [0.1, 0.15) is 33.3 Å². The van der Waals surface area contributed by atoms with E-state index in [-0.39, 0.29) is 6.42 Å². The number of carbonyl (C=O) groups is 1. The van der Waals surface area contributed by atoms with Crippen molar-refractivity contribution in [1.29, 1.82) is 0 Å². The summed E-state index contributed by atoms with van der Waals surface area (Å²) in [6, 6.07) is 3.98. The first-order chi connectivity index (χ1) is 9.12. The van der Waals surface area contributed by atoms with E-state index in [0.29, 0.717) is 11.0 Å². The molecule has 20 heavy (non-hydrogen) atoms. The van der Waals surface area contributed by atoms with Crippen molar-refractivity contribution in [3.8, 4) is 0 Å². The van der Waals surface area contributed by atoms with Gasteiger partial charge in [0.15, 0.2) is 0 Å². The Kier molecular flexibility index (Phi) is 3.65. The first-order valence-electron chi connectivity index (χ1n) is 6.48. The van der Waals surface area contributed by atoms with Crippen LogP contribution in [0.3, 0.4) is 0 Å². The van der Waals surface area contributed by atoms with E-state index >= 15 is 0 Å². The van der Waals surface area contributed by atoms with Crippen molar-refractivity contribution in [2.75, 3.05) is 0 Å². The lowest BCUT2D eigenvalue weighted by molar-refractivity contribution is -0.136. The van der Waals surface area contributed by atoms with Gasteiger partial charge in [-0.25, -0.2) is 4.39 Å². The number of hydrogen-bond donors (Lipinski definition) is 1. The van der Waals surface area contributed by atoms with Gasteiger partial charge in [-0.3, -0.25) is 4.79 Å². The van der Waals surface area contributed by atoms with Gasteiger partial charge in [-0.15, -0.1) is 0 Å². The highest BCUT2D eigenvalue weighted by Crippen LogP contribution is 2.36. The number of carboxylic acid groups (broad SMARTS) is 1. The van der Waals surface area contributed by atoms with Crippen molar-refractivity contribution in [3.63, 3.8) is 0 Å². The van der Waals surface area contributed by atoms with Crippen LogP contribution in [0.2, 0.25) is 0 Å². The summed E-state index contributed by atoms with van der Waals surface area (Å²) < 4.78 is 25.2. The molecule has 1 aromatic rings. The molecule has 0 aromatic heterocycles. The summed E-state index contributed by atoms with van der Waals surface area (Å²) in [6.45, 7) is 7.57. The predicted molar refractivity (Wildman–Crippen MR) is 73.5 cm³/mol. The van der Waals surface area contributed by atoms with Gasteiger partial charge in [-0.1, -0.05) is 6.07 Å². The first-order valence-corrected chi connectivity index (χ1v) is 6.48. The summed E-state index contributed by atoms with van der Waals surface area (Å²) in [6.07, 6.45) is -0.195. The third-order valence-corrected chi connectivity index (χ3v) is 3.96. The van der Waals surface area contributed by atoms with Gasteiger partial charge in [0.2, 0.25) is 0 Å². The van der Waals surface area contributed by atoms with Crippen LogP contribution in [-0.4, -0.2) is 29.4 Å². The molecule has 0 amide bonds. The SMILES string of the molecule is CC1(C)OB(c2cc(F)ccc2CC(=O)O)OC1(C)C. The van der Waals surface area contributed by atoms with E-state index in [2.05, 4.69) is 0 Å². The molecule has 1 N–H and O–H groups in total. The smallest absolute Gasteiger partial charge is 0.481 e. The van der Waals surface area contributed by atoms with E-state index in [9.17, 15) is 9.18 Å². The summed E-state index contributed by atoms with van der Waals surface area (Å²) in [5.41, 5.74) is -0.168. The maximum Gasteiger partial charge on any atom is 0.495 e. The monoisotopic (exact) mass is 280 g/mol. The molecule has 0 unspecified atom stereocenters. The minimum absolute atomic E-state index is 0.195. The largest absolute Gasteiger partial charge is 0.495 e. The molecule has 0 radical (unpaired) electrons. The molecule has 1 aliphatic heterocycles. The molecule has 1 saturated heterocycles. The average Bonchev–Trinajstić information content (AvgIpc) is 2.50. The van der Waals surface area contributed by atoms with Gasteiger partial charge in [0.25, 0.3) is 0 Å². The van der Waals surface area contributed by atoms with Crippen LogP contribution < -0.4 is 5.46 Å². The van der Waals surface area contributed by atoms with Crippen LogP contribution in [0.15, 0.2) is 18.2 Å². The zero-order valence-corrected chi connectivity index (χ0v) is 12.1. The summed E-state index contributed by atoms with van der Waals surface area (Å²) in [5, 5.41) is 8.93. The normalized spacial score (nSPS) is 20.1. The van der Waals surface area contributed by atoms with E-state index in [1.807, 2.05) is 27.7 Å². The van der Waals surface area contributed by atoms with Crippen molar-refractivity contribution in [2.24, 2.45) is 0 Å². The van der Waals surface area contributed by atoms with Crippen LogP contribution in [-0.2, 0) is 20.5 Å². The highest BCUT2D eigenvalue weighted by atomic mass is 19.1. The number of benzene rings is 1. The molecule has 0 bridgehead atoms. The molecule has 1 aliphatic rings. The van der Waals surface area contributed by atoms with Crippen LogP contribution in [0, 0.1) is 5.82 Å². The second kappa shape index (κ2) is 4.86. The van der Waals surface area contributed by atoms with E-state index in [1.54, 1.807) is 0 Å². The van der Waals surface area contributed by atoms with Crippen LogP contribution in [0.25, 0.3) is 0 Å². The Labute approximate surface area is 118 Å². The third-order valence-electron chi connectivity index (χ3n) is 3.96. The Morgan fingerprint density at radius 3 is 2.30 bits per heavy atom. The Hall–Kier alpha value is -1.40. The molecular weight excluding hydrogens is 262 g/mol. The van der Waals surface area contributed by atoms with Gasteiger partial charge in [-0.05, 0) is 50.9 Å². The fourth-order valence-corrected chi connectivity index (χ4v) is 2.08. The molecule has 0 saturated carbocycles. The van der Waals surface area contributed by atoms with Crippen LogP contribution >= 0.6 is 0 Å². The second-order valence-electron chi connectivity index (χ2n) is 6.00. The molecule has 0 atom stereocenters. The maximum absolute atomic E-state index is 13.5. The quantitative estimate of drug-likeness (QED) is 0.857. The lowest BCUT2D eigenvalue weighted by Crippen LogP contribution is -2.41. The van der Waals surface area contributed by atoms with E-state index < -0.39 is 30.1 Å². The van der Waals surface area contributed by atoms with Crippen molar-refractivity contribution in [1.82, 2.24) is 0 Å². The number of rotatable bonds is 3. The first kappa shape index (κ1) is 15.0. The molecule has 1 heterocycles. The van der Waals surface area contributed by atoms with Crippen molar-refractivity contribution < 1.29 is 23.6 Å². The molecule has 1 aromatic carbocycles. The van der Waals surface area contributed by atoms with Crippen molar-refractivity contribution in [2.45, 2.75) is 45.3 Å². The van der Waals surface area contributed by atoms with Gasteiger partial charge in [0.1, 0.15) is 5.82 Å². The van der Waals surface area contributed by atoms with Gasteiger partial charge < -0.3 is 14.4 Å². The molecule has 108 valence electrons. The summed E-state index contributed by atoms with van der Waals surface area (Å²) in [7, 11) is -0.759. The van der Waals surface area contributed by atoms with Gasteiger partial charge in [-0.2, -0.15) is 0 Å². The summed E-state index contributed by atoms with van der Waals surface area (Å²) >= 11 is 0. The van der Waals surface area contributed by atoms with Crippen LogP contribution in [0.5, 0.6) is 0 Å². The number of hydrogen-bond acceptors (Lipinski definition) is 3. The molecule has 4 nitrogen and oxygen atoms in total. The fraction of sp³-hybridized carbons (Fsp3) is 0.500. The Balaban J connectivity index is 2.38. The van der Waals surface area contributed by atoms with E-state index in [0.717, 1.165) is 0 Å². The molecule has 1 fully saturated rings. The standard InChI is InChI=1S/C14H18BFO4/c1-13(2)14(3,4)20-15(19-13)11-8-10(16)6-5-9(11)7-12(17)18/h5-6,8H,7H2,1-4H3,(H,17,18). The van der Waals surface area contributed by atoms with Gasteiger partial charge in [0, 0.05) is 0 Å². The molecule has 6 heteroatoms.